The minimum atomic E-state index is -0.493. The van der Waals surface area contributed by atoms with Crippen LogP contribution in [0.15, 0.2) is 53.7 Å². The average Bonchev–Trinajstić information content (AvgIpc) is 3.11. The first-order chi connectivity index (χ1) is 13.9. The Labute approximate surface area is 170 Å². The number of hydrogen-bond donors (Lipinski definition) is 2. The summed E-state index contributed by atoms with van der Waals surface area (Å²) in [6.45, 7) is 4.32. The van der Waals surface area contributed by atoms with Gasteiger partial charge in [0, 0.05) is 29.9 Å². The normalized spacial score (nSPS) is 11.8. The van der Waals surface area contributed by atoms with Crippen molar-refractivity contribution >= 4 is 29.0 Å². The molecule has 0 radical (unpaired) electrons. The third kappa shape index (κ3) is 4.72. The van der Waals surface area contributed by atoms with Crippen molar-refractivity contribution in [3.63, 3.8) is 0 Å². The molecule has 0 saturated heterocycles. The van der Waals surface area contributed by atoms with Crippen molar-refractivity contribution in [2.45, 2.75) is 30.8 Å². The summed E-state index contributed by atoms with van der Waals surface area (Å²) >= 11 is 1.27. The molecule has 1 amide bonds. The minimum absolute atomic E-state index is 0.0387. The Morgan fingerprint density at radius 1 is 1.21 bits per heavy atom. The number of rotatable bonds is 7. The Hall–Kier alpha value is -3.40. The highest BCUT2D eigenvalue weighted by molar-refractivity contribution is 8.00. The van der Waals surface area contributed by atoms with Gasteiger partial charge in [0.1, 0.15) is 5.75 Å². The lowest BCUT2D eigenvalue weighted by molar-refractivity contribution is -0.384. The number of anilines is 1. The van der Waals surface area contributed by atoms with Crippen LogP contribution < -0.4 is 5.32 Å². The smallest absolute Gasteiger partial charge is 0.269 e. The van der Waals surface area contributed by atoms with Gasteiger partial charge >= 0.3 is 0 Å². The van der Waals surface area contributed by atoms with E-state index in [1.165, 1.54) is 36.0 Å². The first-order valence-corrected chi connectivity index (χ1v) is 9.71. The van der Waals surface area contributed by atoms with E-state index >= 15 is 0 Å². The first kappa shape index (κ1) is 20.3. The average molecular weight is 413 g/mol. The van der Waals surface area contributed by atoms with E-state index in [1.807, 2.05) is 11.5 Å². The van der Waals surface area contributed by atoms with Gasteiger partial charge in [-0.1, -0.05) is 11.8 Å². The molecule has 1 aromatic heterocycles. The van der Waals surface area contributed by atoms with Crippen molar-refractivity contribution in [1.82, 2.24) is 14.8 Å². The molecular weight excluding hydrogens is 394 g/mol. The summed E-state index contributed by atoms with van der Waals surface area (Å²) in [5, 5.41) is 31.5. The number of thioether (sulfide) groups is 1. The van der Waals surface area contributed by atoms with Crippen LogP contribution in [-0.4, -0.2) is 36.0 Å². The van der Waals surface area contributed by atoms with Gasteiger partial charge in [-0.15, -0.1) is 10.2 Å². The summed E-state index contributed by atoms with van der Waals surface area (Å²) in [6, 6.07) is 12.3. The van der Waals surface area contributed by atoms with Gasteiger partial charge in [0.15, 0.2) is 11.0 Å². The lowest BCUT2D eigenvalue weighted by Crippen LogP contribution is -2.22. The van der Waals surface area contributed by atoms with Crippen LogP contribution in [0.25, 0.3) is 11.4 Å². The van der Waals surface area contributed by atoms with Crippen LogP contribution in [0.3, 0.4) is 0 Å². The van der Waals surface area contributed by atoms with Crippen molar-refractivity contribution in [3.8, 4) is 17.1 Å². The van der Waals surface area contributed by atoms with Crippen LogP contribution >= 0.6 is 11.8 Å². The predicted octanol–water partition coefficient (Wildman–Crippen LogP) is 3.70. The third-order valence-corrected chi connectivity index (χ3v) is 5.24. The number of benzene rings is 2. The maximum Gasteiger partial charge on any atom is 0.269 e. The van der Waals surface area contributed by atoms with Crippen molar-refractivity contribution < 1.29 is 14.8 Å². The number of nitrogens with zero attached hydrogens (tertiary/aromatic N) is 4. The van der Waals surface area contributed by atoms with Gasteiger partial charge in [-0.05, 0) is 50.2 Å². The van der Waals surface area contributed by atoms with E-state index in [-0.39, 0.29) is 17.3 Å². The maximum atomic E-state index is 12.5. The Bertz CT molecular complexity index is 1020. The number of phenolic OH excluding ortho intramolecular Hbond substituents is 1. The quantitative estimate of drug-likeness (QED) is 0.344. The van der Waals surface area contributed by atoms with E-state index in [4.69, 9.17) is 0 Å². The maximum absolute atomic E-state index is 12.5. The van der Waals surface area contributed by atoms with Crippen molar-refractivity contribution in [3.05, 3.63) is 58.6 Å². The molecule has 29 heavy (non-hydrogen) atoms. The fourth-order valence-electron chi connectivity index (χ4n) is 2.61. The molecule has 0 bridgehead atoms. The van der Waals surface area contributed by atoms with Crippen LogP contribution in [-0.2, 0) is 11.3 Å². The number of hydrogen-bond acceptors (Lipinski definition) is 7. The lowest BCUT2D eigenvalue weighted by Gasteiger charge is -2.13. The second kappa shape index (κ2) is 8.74. The minimum Gasteiger partial charge on any atom is -0.508 e. The number of nitrogens with one attached hydrogen (secondary N) is 1. The van der Waals surface area contributed by atoms with Gasteiger partial charge in [-0.2, -0.15) is 0 Å². The molecule has 0 aliphatic carbocycles. The molecule has 2 aromatic carbocycles. The molecule has 0 fully saturated rings. The van der Waals surface area contributed by atoms with E-state index in [1.54, 1.807) is 31.2 Å². The van der Waals surface area contributed by atoms with E-state index in [2.05, 4.69) is 15.5 Å². The molecule has 3 rings (SSSR count). The van der Waals surface area contributed by atoms with Crippen LogP contribution in [0.4, 0.5) is 11.4 Å². The van der Waals surface area contributed by atoms with Gasteiger partial charge in [0.05, 0.1) is 10.2 Å². The number of aromatic hydroxyl groups is 1. The van der Waals surface area contributed by atoms with Crippen LogP contribution in [0.1, 0.15) is 13.8 Å². The number of nitro benzene ring substituents is 1. The first-order valence-electron chi connectivity index (χ1n) is 8.83. The van der Waals surface area contributed by atoms with E-state index in [9.17, 15) is 20.0 Å². The summed E-state index contributed by atoms with van der Waals surface area (Å²) in [4.78, 5) is 22.7. The fourth-order valence-corrected chi connectivity index (χ4v) is 3.52. The number of nitro groups is 1. The van der Waals surface area contributed by atoms with Gasteiger partial charge in [-0.25, -0.2) is 0 Å². The molecular formula is C19H19N5O4S. The second-order valence-electron chi connectivity index (χ2n) is 6.15. The van der Waals surface area contributed by atoms with Gasteiger partial charge in [-0.3, -0.25) is 14.9 Å². The largest absolute Gasteiger partial charge is 0.508 e. The molecule has 0 aliphatic rings. The fraction of sp³-hybridized carbons (Fsp3) is 0.211. The lowest BCUT2D eigenvalue weighted by atomic mass is 10.2. The van der Waals surface area contributed by atoms with E-state index in [0.29, 0.717) is 23.2 Å². The molecule has 0 spiro atoms. The number of carbonyl (C=O) groups excluding carboxylic acids is 1. The van der Waals surface area contributed by atoms with Gasteiger partial charge in [0.25, 0.3) is 5.69 Å². The van der Waals surface area contributed by atoms with Gasteiger partial charge in [0.2, 0.25) is 5.91 Å². The Kier molecular flexibility index (Phi) is 6.13. The van der Waals surface area contributed by atoms with Gasteiger partial charge < -0.3 is 15.0 Å². The molecule has 1 atom stereocenters. The second-order valence-corrected chi connectivity index (χ2v) is 7.46. The third-order valence-electron chi connectivity index (χ3n) is 4.16. The number of aromatic nitrogens is 3. The van der Waals surface area contributed by atoms with Crippen molar-refractivity contribution in [2.75, 3.05) is 5.32 Å². The zero-order chi connectivity index (χ0) is 21.0. The molecule has 2 N–H and O–H groups in total. The summed E-state index contributed by atoms with van der Waals surface area (Å²) in [5.41, 5.74) is 1.25. The van der Waals surface area contributed by atoms with Crippen LogP contribution in [0.5, 0.6) is 5.75 Å². The highest BCUT2D eigenvalue weighted by atomic mass is 32.2. The summed E-state index contributed by atoms with van der Waals surface area (Å²) in [5.74, 6) is 0.570. The topological polar surface area (TPSA) is 123 Å². The van der Waals surface area contributed by atoms with E-state index < -0.39 is 10.2 Å². The number of phenols is 1. The van der Waals surface area contributed by atoms with Crippen molar-refractivity contribution in [2.24, 2.45) is 0 Å². The molecule has 10 heteroatoms. The van der Waals surface area contributed by atoms with Crippen LogP contribution in [0, 0.1) is 10.1 Å². The van der Waals surface area contributed by atoms with Crippen molar-refractivity contribution in [1.29, 1.82) is 0 Å². The molecule has 150 valence electrons. The molecule has 0 unspecified atom stereocenters. The summed E-state index contributed by atoms with van der Waals surface area (Å²) in [6.07, 6.45) is 0. The molecule has 1 heterocycles. The summed E-state index contributed by atoms with van der Waals surface area (Å²) < 4.78 is 1.90. The Morgan fingerprint density at radius 3 is 2.45 bits per heavy atom. The molecule has 0 saturated carbocycles. The SMILES string of the molecule is CCn1c(S[C@@H](C)C(=O)Nc2ccc([N+](=O)[O-])cc2)nnc1-c1ccc(O)cc1. The summed E-state index contributed by atoms with van der Waals surface area (Å²) in [7, 11) is 0. The zero-order valence-corrected chi connectivity index (χ0v) is 16.6. The molecule has 9 nitrogen and oxygen atoms in total. The Balaban J connectivity index is 1.71. The van der Waals surface area contributed by atoms with E-state index in [0.717, 1.165) is 5.56 Å². The number of amides is 1. The molecule has 0 aliphatic heterocycles. The monoisotopic (exact) mass is 413 g/mol. The highest BCUT2D eigenvalue weighted by Crippen LogP contribution is 2.28. The number of non-ortho nitro benzene ring substituents is 1. The highest BCUT2D eigenvalue weighted by Gasteiger charge is 2.20. The Morgan fingerprint density at radius 2 is 1.86 bits per heavy atom. The predicted molar refractivity (Wildman–Crippen MR) is 110 cm³/mol. The standard InChI is InChI=1S/C19H19N5O4S/c1-3-23-17(13-4-10-16(25)11-5-13)21-22-19(23)29-12(2)18(26)20-14-6-8-15(9-7-14)24(27)28/h4-12,25H,3H2,1-2H3,(H,20,26)/t12-/m0/s1. The number of carbonyl (C=O) groups is 1. The van der Waals surface area contributed by atoms with Crippen LogP contribution in [0.2, 0.25) is 0 Å². The zero-order valence-electron chi connectivity index (χ0n) is 15.8. The molecule has 3 aromatic rings.